The van der Waals surface area contributed by atoms with Gasteiger partial charge in [0.25, 0.3) is 5.56 Å². The van der Waals surface area contributed by atoms with E-state index in [-0.39, 0.29) is 5.56 Å². The highest BCUT2D eigenvalue weighted by Gasteiger charge is 2.27. The van der Waals surface area contributed by atoms with Crippen molar-refractivity contribution in [1.82, 2.24) is 19.8 Å². The second-order valence-corrected chi connectivity index (χ2v) is 7.16. The predicted octanol–water partition coefficient (Wildman–Crippen LogP) is 2.37. The van der Waals surface area contributed by atoms with Crippen LogP contribution in [0.4, 0.5) is 0 Å². The van der Waals surface area contributed by atoms with E-state index in [2.05, 4.69) is 19.8 Å². The number of rotatable bonds is 4. The average molecular weight is 326 g/mol. The molecule has 0 bridgehead atoms. The molecule has 0 spiro atoms. The number of likely N-dealkylation sites (tertiary alicyclic amines) is 2. The Morgan fingerprint density at radius 1 is 1.08 bits per heavy atom. The minimum Gasteiger partial charge on any atom is -0.309 e. The van der Waals surface area contributed by atoms with Gasteiger partial charge in [-0.3, -0.25) is 9.69 Å². The first kappa shape index (κ1) is 15.8. The number of hydrogen-bond acceptors (Lipinski definition) is 4. The number of nitrogens with zero attached hydrogens (tertiary/aromatic N) is 3. The Morgan fingerprint density at radius 2 is 1.92 bits per heavy atom. The Hall–Kier alpha value is -1.72. The molecular weight excluding hydrogens is 300 g/mol. The lowest BCUT2D eigenvalue weighted by atomic mass is 10.1. The van der Waals surface area contributed by atoms with Crippen molar-refractivity contribution in [3.8, 4) is 0 Å². The summed E-state index contributed by atoms with van der Waals surface area (Å²) in [5.74, 6) is 0.796. The number of fused-ring (bicyclic) bond motifs is 1. The van der Waals surface area contributed by atoms with Crippen LogP contribution >= 0.6 is 0 Å². The van der Waals surface area contributed by atoms with Gasteiger partial charge in [0, 0.05) is 12.6 Å². The van der Waals surface area contributed by atoms with Gasteiger partial charge >= 0.3 is 0 Å². The number of hydrogen-bond donors (Lipinski definition) is 1. The summed E-state index contributed by atoms with van der Waals surface area (Å²) in [6, 6.07) is 8.17. The van der Waals surface area contributed by atoms with Gasteiger partial charge in [0.1, 0.15) is 5.82 Å². The Bertz CT molecular complexity index is 750. The number of benzene rings is 1. The maximum Gasteiger partial charge on any atom is 0.258 e. The van der Waals surface area contributed by atoms with Crippen LogP contribution in [-0.4, -0.2) is 52.0 Å². The number of nitrogens with one attached hydrogen (secondary N) is 1. The molecule has 24 heavy (non-hydrogen) atoms. The van der Waals surface area contributed by atoms with Crippen molar-refractivity contribution in [2.45, 2.75) is 44.7 Å². The van der Waals surface area contributed by atoms with E-state index in [1.807, 2.05) is 24.3 Å². The quantitative estimate of drug-likeness (QED) is 0.937. The predicted molar refractivity (Wildman–Crippen MR) is 96.1 cm³/mol. The lowest BCUT2D eigenvalue weighted by molar-refractivity contribution is 0.147. The minimum atomic E-state index is -0.0256. The molecule has 4 rings (SSSR count). The van der Waals surface area contributed by atoms with Gasteiger partial charge in [-0.25, -0.2) is 4.98 Å². The summed E-state index contributed by atoms with van der Waals surface area (Å²) in [7, 11) is 0. The Labute approximate surface area is 142 Å². The van der Waals surface area contributed by atoms with Gasteiger partial charge in [-0.05, 0) is 57.5 Å². The van der Waals surface area contributed by atoms with Crippen molar-refractivity contribution in [2.75, 3.05) is 26.2 Å². The van der Waals surface area contributed by atoms with Gasteiger partial charge in [0.05, 0.1) is 17.4 Å². The van der Waals surface area contributed by atoms with E-state index >= 15 is 0 Å². The monoisotopic (exact) mass is 326 g/mol. The average Bonchev–Trinajstić information content (AvgIpc) is 3.03. The van der Waals surface area contributed by atoms with Gasteiger partial charge in [-0.15, -0.1) is 0 Å². The fraction of sp³-hybridized carbons (Fsp3) is 0.579. The number of para-hydroxylation sites is 1. The van der Waals surface area contributed by atoms with Crippen molar-refractivity contribution in [1.29, 1.82) is 0 Å². The van der Waals surface area contributed by atoms with Crippen molar-refractivity contribution in [3.63, 3.8) is 0 Å². The van der Waals surface area contributed by atoms with Gasteiger partial charge in [-0.2, -0.15) is 0 Å². The first-order chi connectivity index (χ1) is 11.8. The van der Waals surface area contributed by atoms with Crippen LogP contribution in [0.5, 0.6) is 0 Å². The molecule has 0 saturated carbocycles. The second-order valence-electron chi connectivity index (χ2n) is 7.16. The Balaban J connectivity index is 1.48. The van der Waals surface area contributed by atoms with Crippen LogP contribution in [-0.2, 0) is 6.54 Å². The minimum absolute atomic E-state index is 0.0256. The number of aromatic amines is 1. The third-order valence-electron chi connectivity index (χ3n) is 5.43. The molecule has 2 saturated heterocycles. The zero-order chi connectivity index (χ0) is 16.4. The molecular formula is C19H26N4O. The summed E-state index contributed by atoms with van der Waals surface area (Å²) in [4.78, 5) is 25.0. The lowest BCUT2D eigenvalue weighted by Crippen LogP contribution is -2.42. The third-order valence-corrected chi connectivity index (χ3v) is 5.43. The van der Waals surface area contributed by atoms with Crippen LogP contribution in [0.1, 0.15) is 37.9 Å². The molecule has 2 aliphatic rings. The molecule has 0 radical (unpaired) electrons. The largest absolute Gasteiger partial charge is 0.309 e. The molecule has 0 amide bonds. The molecule has 2 aliphatic heterocycles. The second kappa shape index (κ2) is 7.03. The van der Waals surface area contributed by atoms with Crippen LogP contribution in [0, 0.1) is 0 Å². The van der Waals surface area contributed by atoms with E-state index in [0.717, 1.165) is 31.0 Å². The topological polar surface area (TPSA) is 52.2 Å². The Morgan fingerprint density at radius 3 is 2.79 bits per heavy atom. The third kappa shape index (κ3) is 3.37. The van der Waals surface area contributed by atoms with Gasteiger partial charge in [0.15, 0.2) is 0 Å². The van der Waals surface area contributed by atoms with Gasteiger partial charge in [0.2, 0.25) is 0 Å². The number of piperidine rings is 1. The van der Waals surface area contributed by atoms with Crippen molar-refractivity contribution >= 4 is 10.9 Å². The summed E-state index contributed by atoms with van der Waals surface area (Å²) in [6.07, 6.45) is 6.57. The molecule has 1 aromatic carbocycles. The fourth-order valence-electron chi connectivity index (χ4n) is 4.15. The maximum absolute atomic E-state index is 12.2. The highest BCUT2D eigenvalue weighted by Crippen LogP contribution is 2.21. The molecule has 1 atom stereocenters. The van der Waals surface area contributed by atoms with E-state index in [0.29, 0.717) is 11.4 Å². The van der Waals surface area contributed by atoms with Crippen LogP contribution < -0.4 is 5.56 Å². The van der Waals surface area contributed by atoms with E-state index in [4.69, 9.17) is 0 Å². The van der Waals surface area contributed by atoms with Gasteiger partial charge < -0.3 is 9.88 Å². The molecule has 5 nitrogen and oxygen atoms in total. The van der Waals surface area contributed by atoms with E-state index in [9.17, 15) is 4.79 Å². The van der Waals surface area contributed by atoms with Crippen LogP contribution in [0.2, 0.25) is 0 Å². The van der Waals surface area contributed by atoms with Crippen LogP contribution in [0.25, 0.3) is 10.9 Å². The summed E-state index contributed by atoms with van der Waals surface area (Å²) < 4.78 is 0. The number of aromatic nitrogens is 2. The van der Waals surface area contributed by atoms with Crippen molar-refractivity contribution < 1.29 is 0 Å². The molecule has 2 aromatic rings. The first-order valence-corrected chi connectivity index (χ1v) is 9.24. The molecule has 3 heterocycles. The number of H-pyrrole nitrogens is 1. The Kier molecular flexibility index (Phi) is 4.63. The standard InChI is InChI=1S/C19H26N4O/c24-19-16-8-2-3-9-17(16)20-18(21-19)14-23-12-6-7-15(23)13-22-10-4-1-5-11-22/h2-3,8-9,15H,1,4-7,10-14H2,(H,20,21,24)/t15-/m1/s1. The molecule has 0 aliphatic carbocycles. The van der Waals surface area contributed by atoms with E-state index in [1.54, 1.807) is 0 Å². The molecule has 1 aromatic heterocycles. The highest BCUT2D eigenvalue weighted by atomic mass is 16.1. The van der Waals surface area contributed by atoms with Crippen molar-refractivity contribution in [3.05, 3.63) is 40.4 Å². The van der Waals surface area contributed by atoms with Gasteiger partial charge in [-0.1, -0.05) is 18.6 Å². The molecule has 128 valence electrons. The summed E-state index contributed by atoms with van der Waals surface area (Å²) in [6.45, 7) is 5.51. The molecule has 5 heteroatoms. The van der Waals surface area contributed by atoms with E-state index in [1.165, 1.54) is 45.2 Å². The van der Waals surface area contributed by atoms with Crippen LogP contribution in [0.15, 0.2) is 29.1 Å². The summed E-state index contributed by atoms with van der Waals surface area (Å²) >= 11 is 0. The maximum atomic E-state index is 12.2. The smallest absolute Gasteiger partial charge is 0.258 e. The van der Waals surface area contributed by atoms with Crippen LogP contribution in [0.3, 0.4) is 0 Å². The summed E-state index contributed by atoms with van der Waals surface area (Å²) in [5.41, 5.74) is 0.769. The summed E-state index contributed by atoms with van der Waals surface area (Å²) in [5, 5.41) is 0.674. The van der Waals surface area contributed by atoms with Crippen molar-refractivity contribution in [2.24, 2.45) is 0 Å². The first-order valence-electron chi connectivity index (χ1n) is 9.24. The lowest BCUT2D eigenvalue weighted by Gasteiger charge is -2.32. The zero-order valence-electron chi connectivity index (χ0n) is 14.2. The molecule has 2 fully saturated rings. The fourth-order valence-corrected chi connectivity index (χ4v) is 4.15. The molecule has 0 unspecified atom stereocenters. The zero-order valence-corrected chi connectivity index (χ0v) is 14.2. The SMILES string of the molecule is O=c1[nH]c(CN2CCC[C@@H]2CN2CCCCC2)nc2ccccc12. The van der Waals surface area contributed by atoms with E-state index < -0.39 is 0 Å². The normalized spacial score (nSPS) is 23.1. The highest BCUT2D eigenvalue weighted by molar-refractivity contribution is 5.77. The molecule has 1 N–H and O–H groups in total.